The lowest BCUT2D eigenvalue weighted by molar-refractivity contribution is -0.115. The van der Waals surface area contributed by atoms with Crippen LogP contribution in [0, 0.1) is 13.8 Å². The van der Waals surface area contributed by atoms with Crippen LogP contribution in [-0.4, -0.2) is 26.5 Å². The Morgan fingerprint density at radius 2 is 2.12 bits per heavy atom. The smallest absolute Gasteiger partial charge is 0.240 e. The van der Waals surface area contributed by atoms with Crippen LogP contribution in [0.3, 0.4) is 0 Å². The number of anilines is 3. The SMILES string of the molecule is Cc1cccc(Nc2nnc(SC(C)C(=O)Nc3cc(C)no3)s2)c1. The summed E-state index contributed by atoms with van der Waals surface area (Å²) < 4.78 is 5.70. The quantitative estimate of drug-likeness (QED) is 0.629. The molecule has 0 spiro atoms. The molecule has 3 aromatic rings. The van der Waals surface area contributed by atoms with Gasteiger partial charge in [-0.25, -0.2) is 0 Å². The minimum atomic E-state index is -0.342. The van der Waals surface area contributed by atoms with E-state index in [0.717, 1.165) is 11.3 Å². The van der Waals surface area contributed by atoms with Crippen molar-refractivity contribution in [3.8, 4) is 0 Å². The molecule has 1 atom stereocenters. The molecular formula is C16H17N5O2S2. The summed E-state index contributed by atoms with van der Waals surface area (Å²) in [4.78, 5) is 12.2. The van der Waals surface area contributed by atoms with Crippen LogP contribution in [0.5, 0.6) is 0 Å². The van der Waals surface area contributed by atoms with Gasteiger partial charge in [0.25, 0.3) is 0 Å². The zero-order valence-electron chi connectivity index (χ0n) is 13.9. The van der Waals surface area contributed by atoms with Gasteiger partial charge in [-0.1, -0.05) is 40.4 Å². The van der Waals surface area contributed by atoms with Crippen LogP contribution < -0.4 is 10.6 Å². The second kappa shape index (κ2) is 7.66. The number of aryl methyl sites for hydroxylation is 2. The number of nitrogens with zero attached hydrogens (tertiary/aromatic N) is 3. The Morgan fingerprint density at radius 3 is 2.84 bits per heavy atom. The van der Waals surface area contributed by atoms with Gasteiger partial charge >= 0.3 is 0 Å². The molecule has 0 aliphatic rings. The van der Waals surface area contributed by atoms with Crippen molar-refractivity contribution in [2.24, 2.45) is 0 Å². The van der Waals surface area contributed by atoms with Crippen LogP contribution in [0.25, 0.3) is 0 Å². The van der Waals surface area contributed by atoms with Crippen LogP contribution >= 0.6 is 23.1 Å². The van der Waals surface area contributed by atoms with Crippen molar-refractivity contribution in [2.45, 2.75) is 30.4 Å². The molecule has 1 unspecified atom stereocenters. The number of benzene rings is 1. The molecule has 2 N–H and O–H groups in total. The third kappa shape index (κ3) is 4.80. The largest absolute Gasteiger partial charge is 0.338 e. The van der Waals surface area contributed by atoms with E-state index in [0.29, 0.717) is 21.0 Å². The highest BCUT2D eigenvalue weighted by Crippen LogP contribution is 2.31. The van der Waals surface area contributed by atoms with Gasteiger partial charge in [0.05, 0.1) is 10.9 Å². The molecule has 3 rings (SSSR count). The van der Waals surface area contributed by atoms with Gasteiger partial charge in [-0.15, -0.1) is 10.2 Å². The van der Waals surface area contributed by atoms with Crippen molar-refractivity contribution in [3.63, 3.8) is 0 Å². The summed E-state index contributed by atoms with van der Waals surface area (Å²) in [5.41, 5.74) is 2.84. The van der Waals surface area contributed by atoms with Gasteiger partial charge in [0.1, 0.15) is 0 Å². The number of rotatable bonds is 6. The predicted molar refractivity (Wildman–Crippen MR) is 99.6 cm³/mol. The number of thioether (sulfide) groups is 1. The summed E-state index contributed by atoms with van der Waals surface area (Å²) in [6, 6.07) is 9.68. The van der Waals surface area contributed by atoms with Gasteiger partial charge < -0.3 is 9.84 Å². The number of aromatic nitrogens is 3. The van der Waals surface area contributed by atoms with Crippen molar-refractivity contribution >= 4 is 45.7 Å². The Balaban J connectivity index is 1.57. The fourth-order valence-electron chi connectivity index (χ4n) is 2.00. The first kappa shape index (κ1) is 17.4. The molecule has 130 valence electrons. The fourth-order valence-corrected chi connectivity index (χ4v) is 3.92. The fraction of sp³-hybridized carbons (Fsp3) is 0.250. The molecule has 25 heavy (non-hydrogen) atoms. The van der Waals surface area contributed by atoms with Gasteiger partial charge in [-0.05, 0) is 38.5 Å². The normalized spacial score (nSPS) is 12.0. The average Bonchev–Trinajstić information content (AvgIpc) is 3.16. The molecule has 0 aliphatic heterocycles. The first-order valence-corrected chi connectivity index (χ1v) is 9.27. The summed E-state index contributed by atoms with van der Waals surface area (Å²) in [5, 5.41) is 18.2. The molecule has 0 saturated carbocycles. The highest BCUT2D eigenvalue weighted by atomic mass is 32.2. The topological polar surface area (TPSA) is 92.9 Å². The van der Waals surface area contributed by atoms with E-state index in [1.807, 2.05) is 31.2 Å². The highest BCUT2D eigenvalue weighted by Gasteiger charge is 2.18. The van der Waals surface area contributed by atoms with Crippen molar-refractivity contribution < 1.29 is 9.32 Å². The third-order valence-corrected chi connectivity index (χ3v) is 5.22. The third-order valence-electron chi connectivity index (χ3n) is 3.20. The molecule has 0 saturated heterocycles. The number of carbonyl (C=O) groups is 1. The Bertz CT molecular complexity index is 877. The predicted octanol–water partition coefficient (Wildman–Crippen LogP) is 4.01. The van der Waals surface area contributed by atoms with Gasteiger partial charge in [0, 0.05) is 11.8 Å². The summed E-state index contributed by atoms with van der Waals surface area (Å²) in [5.74, 6) is 0.165. The van der Waals surface area contributed by atoms with Gasteiger partial charge in [0.15, 0.2) is 4.34 Å². The molecule has 2 heterocycles. The monoisotopic (exact) mass is 375 g/mol. The zero-order chi connectivity index (χ0) is 17.8. The van der Waals surface area contributed by atoms with E-state index in [9.17, 15) is 4.79 Å². The van der Waals surface area contributed by atoms with Crippen LogP contribution in [0.1, 0.15) is 18.2 Å². The molecule has 0 aliphatic carbocycles. The zero-order valence-corrected chi connectivity index (χ0v) is 15.6. The van der Waals surface area contributed by atoms with E-state index in [1.54, 1.807) is 19.9 Å². The summed E-state index contributed by atoms with van der Waals surface area (Å²) in [6.07, 6.45) is 0. The van der Waals surface area contributed by atoms with Crippen LogP contribution in [0.2, 0.25) is 0 Å². The maximum Gasteiger partial charge on any atom is 0.240 e. The number of nitrogens with one attached hydrogen (secondary N) is 2. The van der Waals surface area contributed by atoms with E-state index in [4.69, 9.17) is 4.52 Å². The molecular weight excluding hydrogens is 358 g/mol. The molecule has 0 bridgehead atoms. The number of amides is 1. The first-order chi connectivity index (χ1) is 12.0. The lowest BCUT2D eigenvalue weighted by Gasteiger charge is -2.07. The lowest BCUT2D eigenvalue weighted by atomic mass is 10.2. The van der Waals surface area contributed by atoms with E-state index < -0.39 is 0 Å². The van der Waals surface area contributed by atoms with Crippen LogP contribution in [0.4, 0.5) is 16.7 Å². The van der Waals surface area contributed by atoms with E-state index in [1.165, 1.54) is 23.1 Å². The minimum absolute atomic E-state index is 0.176. The molecule has 9 heteroatoms. The minimum Gasteiger partial charge on any atom is -0.338 e. The maximum absolute atomic E-state index is 12.2. The lowest BCUT2D eigenvalue weighted by Crippen LogP contribution is -2.22. The molecule has 1 aromatic carbocycles. The van der Waals surface area contributed by atoms with Crippen molar-refractivity contribution in [3.05, 3.63) is 41.6 Å². The molecule has 1 amide bonds. The second-order valence-electron chi connectivity index (χ2n) is 5.45. The molecule has 0 radical (unpaired) electrons. The van der Waals surface area contributed by atoms with Crippen molar-refractivity contribution in [1.29, 1.82) is 0 Å². The first-order valence-electron chi connectivity index (χ1n) is 7.57. The summed E-state index contributed by atoms with van der Waals surface area (Å²) >= 11 is 2.75. The molecule has 0 fully saturated rings. The van der Waals surface area contributed by atoms with Crippen molar-refractivity contribution in [1.82, 2.24) is 15.4 Å². The molecule has 7 nitrogen and oxygen atoms in total. The van der Waals surface area contributed by atoms with Gasteiger partial charge in [-0.2, -0.15) is 0 Å². The Hall–Kier alpha value is -2.39. The number of hydrogen-bond acceptors (Lipinski definition) is 8. The second-order valence-corrected chi connectivity index (χ2v) is 8.01. The maximum atomic E-state index is 12.2. The summed E-state index contributed by atoms with van der Waals surface area (Å²) in [6.45, 7) is 5.63. The van der Waals surface area contributed by atoms with Crippen LogP contribution in [-0.2, 0) is 4.79 Å². The van der Waals surface area contributed by atoms with E-state index in [2.05, 4.69) is 26.0 Å². The van der Waals surface area contributed by atoms with Gasteiger partial charge in [0.2, 0.25) is 16.9 Å². The summed E-state index contributed by atoms with van der Waals surface area (Å²) in [7, 11) is 0. The van der Waals surface area contributed by atoms with E-state index in [-0.39, 0.29) is 11.2 Å². The number of hydrogen-bond donors (Lipinski definition) is 2. The Labute approximate surface area is 153 Å². The van der Waals surface area contributed by atoms with Gasteiger partial charge in [-0.3, -0.25) is 10.1 Å². The molecule has 2 aromatic heterocycles. The standard InChI is InChI=1S/C16H17N5O2S2/c1-9-5-4-6-12(7-9)17-15-19-20-16(25-15)24-11(3)14(22)18-13-8-10(2)21-23-13/h4-8,11H,1-3H3,(H,17,19)(H,18,22). The Morgan fingerprint density at radius 1 is 1.28 bits per heavy atom. The Kier molecular flexibility index (Phi) is 5.34. The highest BCUT2D eigenvalue weighted by molar-refractivity contribution is 8.02. The van der Waals surface area contributed by atoms with Crippen molar-refractivity contribution in [2.75, 3.05) is 10.6 Å². The van der Waals surface area contributed by atoms with E-state index >= 15 is 0 Å². The number of carbonyl (C=O) groups excluding carboxylic acids is 1. The average molecular weight is 375 g/mol. The van der Waals surface area contributed by atoms with Crippen LogP contribution in [0.15, 0.2) is 39.2 Å².